The Kier molecular flexibility index (Phi) is 6.72. The summed E-state index contributed by atoms with van der Waals surface area (Å²) in [7, 11) is 4.75. The molecule has 0 aromatic heterocycles. The van der Waals surface area contributed by atoms with E-state index < -0.39 is 6.10 Å². The molecule has 2 rings (SSSR count). The molecule has 0 spiro atoms. The highest BCUT2D eigenvalue weighted by molar-refractivity contribution is 5.81. The fraction of sp³-hybridized carbons (Fsp3) is 0.350. The maximum atomic E-state index is 12.5. The second-order valence-electron chi connectivity index (χ2n) is 5.75. The average Bonchev–Trinajstić information content (AvgIpc) is 2.67. The first kappa shape index (κ1) is 19.4. The number of rotatable bonds is 8. The maximum absolute atomic E-state index is 12.5. The van der Waals surface area contributed by atoms with E-state index in [1.165, 1.54) is 0 Å². The zero-order valence-electron chi connectivity index (χ0n) is 15.7. The van der Waals surface area contributed by atoms with Crippen LogP contribution in [0.4, 0.5) is 0 Å². The number of para-hydroxylation sites is 2. The molecule has 0 saturated carbocycles. The maximum Gasteiger partial charge on any atom is 0.261 e. The Bertz CT molecular complexity index is 747. The standard InChI is InChI=1S/C20H25NO5/c1-13(16-12-15(23-3)10-11-17(16)24-4)21-20(22)14(2)26-19-9-7-6-8-18(19)25-5/h6-14H,1-5H3,(H,21,22)/t13-,14+/m1/s1. The number of ether oxygens (including phenoxy) is 4. The SMILES string of the molecule is COc1ccc(OC)c([C@@H](C)NC(=O)[C@H](C)Oc2ccccc2OC)c1. The highest BCUT2D eigenvalue weighted by atomic mass is 16.5. The van der Waals surface area contributed by atoms with E-state index in [0.29, 0.717) is 23.0 Å². The van der Waals surface area contributed by atoms with Crippen LogP contribution in [-0.2, 0) is 4.79 Å². The van der Waals surface area contributed by atoms with Crippen molar-refractivity contribution in [3.63, 3.8) is 0 Å². The van der Waals surface area contributed by atoms with Crippen LogP contribution >= 0.6 is 0 Å². The Morgan fingerprint density at radius 3 is 2.15 bits per heavy atom. The number of hydrogen-bond donors (Lipinski definition) is 1. The molecule has 0 saturated heterocycles. The van der Waals surface area contributed by atoms with Crippen LogP contribution in [0, 0.1) is 0 Å². The zero-order valence-corrected chi connectivity index (χ0v) is 15.7. The van der Waals surface area contributed by atoms with Crippen molar-refractivity contribution >= 4 is 5.91 Å². The molecule has 6 nitrogen and oxygen atoms in total. The number of amides is 1. The summed E-state index contributed by atoms with van der Waals surface area (Å²) in [6.45, 7) is 3.57. The quantitative estimate of drug-likeness (QED) is 0.783. The van der Waals surface area contributed by atoms with Crippen LogP contribution in [0.5, 0.6) is 23.0 Å². The van der Waals surface area contributed by atoms with Crippen molar-refractivity contribution in [2.24, 2.45) is 0 Å². The summed E-state index contributed by atoms with van der Waals surface area (Å²) in [5.41, 5.74) is 0.824. The summed E-state index contributed by atoms with van der Waals surface area (Å²) in [6, 6.07) is 12.4. The second kappa shape index (κ2) is 8.99. The molecule has 0 radical (unpaired) electrons. The first-order chi connectivity index (χ1) is 12.5. The van der Waals surface area contributed by atoms with E-state index in [9.17, 15) is 4.79 Å². The van der Waals surface area contributed by atoms with Crippen LogP contribution in [0.15, 0.2) is 42.5 Å². The first-order valence-electron chi connectivity index (χ1n) is 8.32. The lowest BCUT2D eigenvalue weighted by Crippen LogP contribution is -2.37. The van der Waals surface area contributed by atoms with Crippen molar-refractivity contribution in [1.29, 1.82) is 0 Å². The molecule has 0 aliphatic carbocycles. The third-order valence-electron chi connectivity index (χ3n) is 4.00. The van der Waals surface area contributed by atoms with Gasteiger partial charge in [-0.15, -0.1) is 0 Å². The van der Waals surface area contributed by atoms with Crippen molar-refractivity contribution in [3.8, 4) is 23.0 Å². The molecule has 0 bridgehead atoms. The highest BCUT2D eigenvalue weighted by Crippen LogP contribution is 2.30. The van der Waals surface area contributed by atoms with Gasteiger partial charge in [-0.25, -0.2) is 0 Å². The molecule has 0 aliphatic heterocycles. The molecular weight excluding hydrogens is 334 g/mol. The molecule has 6 heteroatoms. The Labute approximate surface area is 154 Å². The van der Waals surface area contributed by atoms with Crippen LogP contribution < -0.4 is 24.3 Å². The third kappa shape index (κ3) is 4.59. The fourth-order valence-electron chi connectivity index (χ4n) is 2.55. The lowest BCUT2D eigenvalue weighted by molar-refractivity contribution is -0.128. The van der Waals surface area contributed by atoms with Gasteiger partial charge in [0.05, 0.1) is 27.4 Å². The summed E-state index contributed by atoms with van der Waals surface area (Å²) in [5, 5.41) is 2.94. The molecule has 1 amide bonds. The Hall–Kier alpha value is -2.89. The number of benzene rings is 2. The number of nitrogens with one attached hydrogen (secondary N) is 1. The van der Waals surface area contributed by atoms with Crippen molar-refractivity contribution in [2.45, 2.75) is 26.0 Å². The van der Waals surface area contributed by atoms with Crippen LogP contribution in [-0.4, -0.2) is 33.3 Å². The summed E-state index contributed by atoms with van der Waals surface area (Å²) in [6.07, 6.45) is -0.689. The molecule has 2 atom stereocenters. The lowest BCUT2D eigenvalue weighted by atomic mass is 10.1. The van der Waals surface area contributed by atoms with Crippen LogP contribution in [0.25, 0.3) is 0 Å². The normalized spacial score (nSPS) is 12.7. The van der Waals surface area contributed by atoms with Gasteiger partial charge in [0.15, 0.2) is 17.6 Å². The predicted octanol–water partition coefficient (Wildman–Crippen LogP) is 3.36. The average molecular weight is 359 g/mol. The predicted molar refractivity (Wildman–Crippen MR) is 99.2 cm³/mol. The van der Waals surface area contributed by atoms with E-state index in [0.717, 1.165) is 5.56 Å². The van der Waals surface area contributed by atoms with Gasteiger partial charge in [-0.3, -0.25) is 4.79 Å². The minimum absolute atomic E-state index is 0.242. The van der Waals surface area contributed by atoms with Gasteiger partial charge >= 0.3 is 0 Å². The van der Waals surface area contributed by atoms with E-state index in [2.05, 4.69) is 5.32 Å². The Morgan fingerprint density at radius 2 is 1.54 bits per heavy atom. The van der Waals surface area contributed by atoms with Gasteiger partial charge in [0.25, 0.3) is 5.91 Å². The topological polar surface area (TPSA) is 66.0 Å². The molecule has 0 fully saturated rings. The Morgan fingerprint density at radius 1 is 0.885 bits per heavy atom. The number of methoxy groups -OCH3 is 3. The minimum atomic E-state index is -0.689. The monoisotopic (exact) mass is 359 g/mol. The lowest BCUT2D eigenvalue weighted by Gasteiger charge is -2.21. The molecule has 2 aromatic rings. The van der Waals surface area contributed by atoms with Crippen molar-refractivity contribution < 1.29 is 23.7 Å². The van der Waals surface area contributed by atoms with E-state index in [1.54, 1.807) is 40.4 Å². The number of hydrogen-bond acceptors (Lipinski definition) is 5. The smallest absolute Gasteiger partial charge is 0.261 e. The molecule has 2 aromatic carbocycles. The van der Waals surface area contributed by atoms with Crippen LogP contribution in [0.3, 0.4) is 0 Å². The zero-order chi connectivity index (χ0) is 19.1. The summed E-state index contributed by atoms with van der Waals surface area (Å²) < 4.78 is 21.6. The van der Waals surface area contributed by atoms with Gasteiger partial charge in [0, 0.05) is 5.56 Å². The number of carbonyl (C=O) groups excluding carboxylic acids is 1. The van der Waals surface area contributed by atoms with E-state index >= 15 is 0 Å². The van der Waals surface area contributed by atoms with E-state index in [1.807, 2.05) is 37.3 Å². The van der Waals surface area contributed by atoms with E-state index in [-0.39, 0.29) is 11.9 Å². The molecule has 26 heavy (non-hydrogen) atoms. The second-order valence-corrected chi connectivity index (χ2v) is 5.75. The summed E-state index contributed by atoms with van der Waals surface area (Å²) in [4.78, 5) is 12.5. The van der Waals surface area contributed by atoms with Gasteiger partial charge in [-0.1, -0.05) is 12.1 Å². The van der Waals surface area contributed by atoms with Gasteiger partial charge in [-0.2, -0.15) is 0 Å². The first-order valence-corrected chi connectivity index (χ1v) is 8.32. The molecule has 0 aliphatic rings. The van der Waals surface area contributed by atoms with Gasteiger partial charge in [-0.05, 0) is 44.2 Å². The summed E-state index contributed by atoms with van der Waals surface area (Å²) >= 11 is 0. The molecule has 140 valence electrons. The third-order valence-corrected chi connectivity index (χ3v) is 4.00. The molecular formula is C20H25NO5. The highest BCUT2D eigenvalue weighted by Gasteiger charge is 2.21. The minimum Gasteiger partial charge on any atom is -0.497 e. The van der Waals surface area contributed by atoms with Crippen LogP contribution in [0.2, 0.25) is 0 Å². The van der Waals surface area contributed by atoms with Crippen molar-refractivity contribution in [1.82, 2.24) is 5.32 Å². The van der Waals surface area contributed by atoms with Crippen LogP contribution in [0.1, 0.15) is 25.5 Å². The van der Waals surface area contributed by atoms with Gasteiger partial charge in [0.2, 0.25) is 0 Å². The van der Waals surface area contributed by atoms with E-state index in [4.69, 9.17) is 18.9 Å². The van der Waals surface area contributed by atoms with Crippen molar-refractivity contribution in [2.75, 3.05) is 21.3 Å². The molecule has 0 unspecified atom stereocenters. The largest absolute Gasteiger partial charge is 0.497 e. The van der Waals surface area contributed by atoms with Gasteiger partial charge < -0.3 is 24.3 Å². The number of carbonyl (C=O) groups is 1. The molecule has 0 heterocycles. The summed E-state index contributed by atoms with van der Waals surface area (Å²) in [5.74, 6) is 2.23. The Balaban J connectivity index is 2.09. The fourth-order valence-corrected chi connectivity index (χ4v) is 2.55. The van der Waals surface area contributed by atoms with Crippen molar-refractivity contribution in [3.05, 3.63) is 48.0 Å². The van der Waals surface area contributed by atoms with Gasteiger partial charge in [0.1, 0.15) is 11.5 Å². The molecule has 1 N–H and O–H groups in total.